The number of hydrogen-bond acceptors (Lipinski definition) is 5. The molecule has 1 atom stereocenters. The second-order valence-corrected chi connectivity index (χ2v) is 5.87. The van der Waals surface area contributed by atoms with Crippen LogP contribution < -0.4 is 10.6 Å². The molecule has 100 valence electrons. The molecular formula is C13H22N4S. The predicted molar refractivity (Wildman–Crippen MR) is 79.6 cm³/mol. The van der Waals surface area contributed by atoms with Gasteiger partial charge in [-0.3, -0.25) is 0 Å². The van der Waals surface area contributed by atoms with E-state index in [9.17, 15) is 0 Å². The summed E-state index contributed by atoms with van der Waals surface area (Å²) in [6.07, 6.45) is 4.61. The zero-order chi connectivity index (χ0) is 13.0. The summed E-state index contributed by atoms with van der Waals surface area (Å²) in [5.74, 6) is 5.25. The summed E-state index contributed by atoms with van der Waals surface area (Å²) >= 11 is 1.89. The van der Waals surface area contributed by atoms with E-state index < -0.39 is 0 Å². The van der Waals surface area contributed by atoms with Crippen LogP contribution in [-0.4, -0.2) is 35.6 Å². The lowest BCUT2D eigenvalue weighted by Gasteiger charge is -2.13. The molecule has 1 unspecified atom stereocenters. The standard InChI is InChI=1S/C13H22N4S/c1-9(8-18-3)7-15-12-6-11(14-2)16-13(17-12)10-4-5-10/h6,9-10H,4-5,7-8H2,1-3H3,(H2,14,15,16,17). The molecule has 0 bridgehead atoms. The van der Waals surface area contributed by atoms with Gasteiger partial charge in [0.1, 0.15) is 17.5 Å². The molecule has 0 radical (unpaired) electrons. The first kappa shape index (κ1) is 13.5. The van der Waals surface area contributed by atoms with Crippen molar-refractivity contribution in [1.29, 1.82) is 0 Å². The minimum Gasteiger partial charge on any atom is -0.373 e. The second kappa shape index (κ2) is 6.27. The van der Waals surface area contributed by atoms with E-state index in [-0.39, 0.29) is 0 Å². The molecule has 1 fully saturated rings. The van der Waals surface area contributed by atoms with Crippen molar-refractivity contribution >= 4 is 23.4 Å². The molecule has 0 aliphatic heterocycles. The Morgan fingerprint density at radius 1 is 1.39 bits per heavy atom. The van der Waals surface area contributed by atoms with E-state index in [0.29, 0.717) is 11.8 Å². The Kier molecular flexibility index (Phi) is 4.69. The zero-order valence-electron chi connectivity index (χ0n) is 11.4. The van der Waals surface area contributed by atoms with Gasteiger partial charge in [0.05, 0.1) is 0 Å². The molecule has 2 N–H and O–H groups in total. The average Bonchev–Trinajstić information content (AvgIpc) is 3.20. The van der Waals surface area contributed by atoms with E-state index >= 15 is 0 Å². The van der Waals surface area contributed by atoms with Crippen LogP contribution in [0.5, 0.6) is 0 Å². The van der Waals surface area contributed by atoms with Gasteiger partial charge in [0, 0.05) is 25.6 Å². The van der Waals surface area contributed by atoms with Crippen LogP contribution in [0.1, 0.15) is 31.5 Å². The van der Waals surface area contributed by atoms with Crippen molar-refractivity contribution in [2.24, 2.45) is 5.92 Å². The fraction of sp³-hybridized carbons (Fsp3) is 0.692. The highest BCUT2D eigenvalue weighted by Gasteiger charge is 2.27. The van der Waals surface area contributed by atoms with Crippen LogP contribution in [0.3, 0.4) is 0 Å². The lowest BCUT2D eigenvalue weighted by atomic mass is 10.2. The van der Waals surface area contributed by atoms with Crippen LogP contribution >= 0.6 is 11.8 Å². The normalized spacial score (nSPS) is 16.4. The molecule has 1 aliphatic rings. The number of hydrogen-bond donors (Lipinski definition) is 2. The van der Waals surface area contributed by atoms with Crippen molar-refractivity contribution in [2.45, 2.75) is 25.7 Å². The Morgan fingerprint density at radius 3 is 2.72 bits per heavy atom. The van der Waals surface area contributed by atoms with Crippen molar-refractivity contribution < 1.29 is 0 Å². The third-order valence-electron chi connectivity index (χ3n) is 3.02. The average molecular weight is 266 g/mol. The molecule has 1 saturated carbocycles. The summed E-state index contributed by atoms with van der Waals surface area (Å²) in [7, 11) is 1.90. The number of aromatic nitrogens is 2. The van der Waals surface area contributed by atoms with Crippen LogP contribution in [0, 0.1) is 5.92 Å². The lowest BCUT2D eigenvalue weighted by Crippen LogP contribution is -2.15. The molecule has 18 heavy (non-hydrogen) atoms. The van der Waals surface area contributed by atoms with E-state index in [4.69, 9.17) is 0 Å². The predicted octanol–water partition coefficient (Wildman–Crippen LogP) is 2.81. The van der Waals surface area contributed by atoms with Crippen LogP contribution in [0.25, 0.3) is 0 Å². The van der Waals surface area contributed by atoms with E-state index in [1.807, 2.05) is 24.9 Å². The molecule has 2 rings (SSSR count). The quantitative estimate of drug-likeness (QED) is 0.795. The number of anilines is 2. The van der Waals surface area contributed by atoms with Gasteiger partial charge in [-0.1, -0.05) is 6.92 Å². The zero-order valence-corrected chi connectivity index (χ0v) is 12.2. The van der Waals surface area contributed by atoms with Crippen LogP contribution in [-0.2, 0) is 0 Å². The maximum atomic E-state index is 4.61. The lowest BCUT2D eigenvalue weighted by molar-refractivity contribution is 0.698. The molecule has 5 heteroatoms. The summed E-state index contributed by atoms with van der Waals surface area (Å²) in [4.78, 5) is 9.12. The van der Waals surface area contributed by atoms with Crippen molar-refractivity contribution in [3.05, 3.63) is 11.9 Å². The molecule has 1 aromatic heterocycles. The van der Waals surface area contributed by atoms with Crippen molar-refractivity contribution in [3.63, 3.8) is 0 Å². The fourth-order valence-corrected chi connectivity index (χ4v) is 2.52. The first-order valence-corrected chi connectivity index (χ1v) is 7.92. The van der Waals surface area contributed by atoms with Gasteiger partial charge in [-0.15, -0.1) is 0 Å². The molecular weight excluding hydrogens is 244 g/mol. The number of nitrogens with one attached hydrogen (secondary N) is 2. The largest absolute Gasteiger partial charge is 0.373 e. The van der Waals surface area contributed by atoms with Crippen molar-refractivity contribution in [3.8, 4) is 0 Å². The topological polar surface area (TPSA) is 49.8 Å². The van der Waals surface area contributed by atoms with E-state index in [1.165, 1.54) is 18.6 Å². The van der Waals surface area contributed by atoms with Gasteiger partial charge in [0.25, 0.3) is 0 Å². The van der Waals surface area contributed by atoms with E-state index in [1.54, 1.807) is 0 Å². The first-order valence-electron chi connectivity index (χ1n) is 6.52. The maximum absolute atomic E-state index is 4.61. The van der Waals surface area contributed by atoms with E-state index in [0.717, 1.165) is 24.0 Å². The van der Waals surface area contributed by atoms with Gasteiger partial charge in [-0.2, -0.15) is 11.8 Å². The number of rotatable bonds is 7. The number of nitrogens with zero attached hydrogens (tertiary/aromatic N) is 2. The Hall–Kier alpha value is -0.970. The second-order valence-electron chi connectivity index (χ2n) is 4.96. The number of thioether (sulfide) groups is 1. The summed E-state index contributed by atoms with van der Waals surface area (Å²) < 4.78 is 0. The first-order chi connectivity index (χ1) is 8.72. The Balaban J connectivity index is 2.00. The molecule has 0 saturated heterocycles. The van der Waals surface area contributed by atoms with Gasteiger partial charge >= 0.3 is 0 Å². The molecule has 0 aromatic carbocycles. The van der Waals surface area contributed by atoms with Gasteiger partial charge < -0.3 is 10.6 Å². The Morgan fingerprint density at radius 2 is 2.11 bits per heavy atom. The molecule has 1 aromatic rings. The maximum Gasteiger partial charge on any atom is 0.136 e. The summed E-state index contributed by atoms with van der Waals surface area (Å²) in [6, 6.07) is 1.98. The molecule has 4 nitrogen and oxygen atoms in total. The van der Waals surface area contributed by atoms with Gasteiger partial charge in [-0.05, 0) is 30.8 Å². The third kappa shape index (κ3) is 3.77. The van der Waals surface area contributed by atoms with Crippen molar-refractivity contribution in [2.75, 3.05) is 36.2 Å². The molecule has 1 heterocycles. The smallest absolute Gasteiger partial charge is 0.136 e. The van der Waals surface area contributed by atoms with Crippen LogP contribution in [0.15, 0.2) is 6.07 Å². The highest BCUT2D eigenvalue weighted by molar-refractivity contribution is 7.98. The van der Waals surface area contributed by atoms with Crippen molar-refractivity contribution in [1.82, 2.24) is 9.97 Å². The molecule has 0 spiro atoms. The summed E-state index contributed by atoms with van der Waals surface area (Å²) in [5, 5.41) is 6.53. The third-order valence-corrected chi connectivity index (χ3v) is 3.93. The Bertz CT molecular complexity index is 393. The molecule has 0 amide bonds. The fourth-order valence-electron chi connectivity index (χ4n) is 1.83. The minimum atomic E-state index is 0.586. The summed E-state index contributed by atoms with van der Waals surface area (Å²) in [6.45, 7) is 3.22. The molecule has 1 aliphatic carbocycles. The minimum absolute atomic E-state index is 0.586. The Labute approximate surface area is 113 Å². The van der Waals surface area contributed by atoms with Gasteiger partial charge in [0.2, 0.25) is 0 Å². The SMILES string of the molecule is CNc1cc(NCC(C)CSC)nc(C2CC2)n1. The highest BCUT2D eigenvalue weighted by atomic mass is 32.2. The highest BCUT2D eigenvalue weighted by Crippen LogP contribution is 2.38. The summed E-state index contributed by atoms with van der Waals surface area (Å²) in [5.41, 5.74) is 0. The van der Waals surface area contributed by atoms with E-state index in [2.05, 4.69) is 33.8 Å². The van der Waals surface area contributed by atoms with Crippen LogP contribution in [0.4, 0.5) is 11.6 Å². The monoisotopic (exact) mass is 266 g/mol. The van der Waals surface area contributed by atoms with Gasteiger partial charge in [-0.25, -0.2) is 9.97 Å². The van der Waals surface area contributed by atoms with Gasteiger partial charge in [0.15, 0.2) is 0 Å². The van der Waals surface area contributed by atoms with Crippen LogP contribution in [0.2, 0.25) is 0 Å².